The molecule has 0 aliphatic rings. The molecule has 0 heterocycles. The van der Waals surface area contributed by atoms with Crippen LogP contribution in [0.2, 0.25) is 5.04 Å². The number of hydrogen-bond acceptors (Lipinski definition) is 4. The van der Waals surface area contributed by atoms with Crippen molar-refractivity contribution in [2.75, 3.05) is 6.61 Å². The van der Waals surface area contributed by atoms with Gasteiger partial charge in [-0.05, 0) is 52.9 Å². The van der Waals surface area contributed by atoms with Crippen LogP contribution >= 0.6 is 0 Å². The highest BCUT2D eigenvalue weighted by Gasteiger charge is 2.50. The van der Waals surface area contributed by atoms with Crippen LogP contribution in [0.4, 0.5) is 0 Å². The van der Waals surface area contributed by atoms with Crippen molar-refractivity contribution >= 4 is 30.6 Å². The molecule has 0 saturated carbocycles. The van der Waals surface area contributed by atoms with E-state index in [0.29, 0.717) is 12.0 Å². The zero-order valence-electron chi connectivity index (χ0n) is 40.7. The number of carbonyl (C=O) groups excluding carboxylic acids is 2. The van der Waals surface area contributed by atoms with Gasteiger partial charge in [0.05, 0.1) is 18.2 Å². The third-order valence-corrected chi connectivity index (χ3v) is 17.7. The zero-order valence-corrected chi connectivity index (χ0v) is 41.7. The summed E-state index contributed by atoms with van der Waals surface area (Å²) in [4.78, 5) is 27.7. The smallest absolute Gasteiger partial charge is 0.338 e. The number of ether oxygens (including phenoxy) is 1. The Bertz CT molecular complexity index is 1570. The van der Waals surface area contributed by atoms with Crippen molar-refractivity contribution < 1.29 is 18.8 Å². The Hall–Kier alpha value is -3.48. The van der Waals surface area contributed by atoms with Crippen LogP contribution in [0.3, 0.4) is 0 Å². The molecule has 0 aromatic heterocycles. The average Bonchev–Trinajstić information content (AvgIpc) is 3.29. The fraction of sp³-hybridized carbons (Fsp3) is 0.614. The van der Waals surface area contributed by atoms with Crippen LogP contribution in [0.1, 0.15) is 212 Å². The van der Waals surface area contributed by atoms with E-state index in [2.05, 4.69) is 107 Å². The van der Waals surface area contributed by atoms with Gasteiger partial charge in [0.2, 0.25) is 5.91 Å². The van der Waals surface area contributed by atoms with Crippen LogP contribution < -0.4 is 15.7 Å². The monoisotopic (exact) mass is 880 g/mol. The van der Waals surface area contributed by atoms with E-state index in [1.807, 2.05) is 24.3 Å². The number of amides is 1. The van der Waals surface area contributed by atoms with Gasteiger partial charge in [0.25, 0.3) is 8.32 Å². The molecular weight excluding hydrogens is 791 g/mol. The number of allylic oxidation sites excluding steroid dienone is 1. The van der Waals surface area contributed by atoms with Crippen LogP contribution in [-0.4, -0.2) is 38.9 Å². The summed E-state index contributed by atoms with van der Waals surface area (Å²) in [6, 6.07) is 29.8. The third-order valence-electron chi connectivity index (χ3n) is 12.7. The summed E-state index contributed by atoms with van der Waals surface area (Å²) in [5.74, 6) is -0.422. The summed E-state index contributed by atoms with van der Waals surface area (Å²) in [5, 5.41) is 5.46. The van der Waals surface area contributed by atoms with Gasteiger partial charge in [0.1, 0.15) is 6.10 Å². The molecule has 6 heteroatoms. The summed E-state index contributed by atoms with van der Waals surface area (Å²) in [5.41, 5.74) is 0.492. The van der Waals surface area contributed by atoms with E-state index in [9.17, 15) is 9.59 Å². The maximum Gasteiger partial charge on any atom is 0.338 e. The first kappa shape index (κ1) is 53.9. The maximum atomic E-state index is 13.9. The van der Waals surface area contributed by atoms with Crippen LogP contribution in [0, 0.1) is 0 Å². The third kappa shape index (κ3) is 21.4. The van der Waals surface area contributed by atoms with Gasteiger partial charge in [-0.2, -0.15) is 0 Å². The Morgan fingerprint density at radius 2 is 0.952 bits per heavy atom. The lowest BCUT2D eigenvalue weighted by Gasteiger charge is -2.44. The molecule has 0 spiro atoms. The number of unbranched alkanes of at least 4 members (excludes halogenated alkanes) is 23. The largest absolute Gasteiger partial charge is 0.452 e. The molecule has 1 N–H and O–H groups in total. The number of esters is 1. The van der Waals surface area contributed by atoms with Gasteiger partial charge >= 0.3 is 5.97 Å². The van der Waals surface area contributed by atoms with Crippen LogP contribution in [0.25, 0.3) is 0 Å². The molecular formula is C57H89NO4Si. The summed E-state index contributed by atoms with van der Waals surface area (Å²) in [7, 11) is -2.96. The Morgan fingerprint density at radius 3 is 1.38 bits per heavy atom. The summed E-state index contributed by atoms with van der Waals surface area (Å²) in [6.45, 7) is 11.5. The van der Waals surface area contributed by atoms with Crippen molar-refractivity contribution in [2.45, 2.75) is 219 Å². The molecule has 1 amide bonds. The molecule has 3 aromatic rings. The highest BCUT2D eigenvalue weighted by atomic mass is 28.4. The predicted octanol–water partition coefficient (Wildman–Crippen LogP) is 15.0. The molecule has 350 valence electrons. The predicted molar refractivity (Wildman–Crippen MR) is 272 cm³/mol. The normalized spacial score (nSPS) is 13.0. The molecule has 3 rings (SSSR count). The highest BCUT2D eigenvalue weighted by molar-refractivity contribution is 6.99. The quantitative estimate of drug-likeness (QED) is 0.0273. The molecule has 0 aliphatic heterocycles. The van der Waals surface area contributed by atoms with Crippen molar-refractivity contribution in [3.05, 3.63) is 109 Å². The number of nitrogens with one attached hydrogen (secondary N) is 1. The van der Waals surface area contributed by atoms with E-state index >= 15 is 0 Å². The van der Waals surface area contributed by atoms with Gasteiger partial charge in [0.15, 0.2) is 0 Å². The lowest BCUT2D eigenvalue weighted by molar-refractivity contribution is -0.123. The molecule has 0 fully saturated rings. The summed E-state index contributed by atoms with van der Waals surface area (Å²) in [6.07, 6.45) is 35.4. The minimum absolute atomic E-state index is 0.0198. The number of carbonyl (C=O) groups is 2. The number of rotatable bonds is 36. The van der Waals surface area contributed by atoms with E-state index in [1.165, 1.54) is 139 Å². The fourth-order valence-corrected chi connectivity index (χ4v) is 13.5. The molecule has 0 aliphatic carbocycles. The minimum atomic E-state index is -2.96. The van der Waals surface area contributed by atoms with Crippen molar-refractivity contribution in [2.24, 2.45) is 0 Å². The lowest BCUT2D eigenvalue weighted by Crippen LogP contribution is -2.67. The van der Waals surface area contributed by atoms with Crippen molar-refractivity contribution in [1.29, 1.82) is 0 Å². The van der Waals surface area contributed by atoms with Gasteiger partial charge in [-0.1, -0.05) is 261 Å². The van der Waals surface area contributed by atoms with Crippen LogP contribution in [0.5, 0.6) is 0 Å². The molecule has 0 unspecified atom stereocenters. The van der Waals surface area contributed by atoms with E-state index < -0.39 is 26.4 Å². The second-order valence-electron chi connectivity index (χ2n) is 19.1. The molecule has 63 heavy (non-hydrogen) atoms. The first-order valence-electron chi connectivity index (χ1n) is 25.7. The highest BCUT2D eigenvalue weighted by Crippen LogP contribution is 2.37. The molecule has 2 atom stereocenters. The number of hydrogen-bond donors (Lipinski definition) is 1. The Morgan fingerprint density at radius 1 is 0.556 bits per heavy atom. The molecule has 0 radical (unpaired) electrons. The van der Waals surface area contributed by atoms with Crippen LogP contribution in [0.15, 0.2) is 103 Å². The molecule has 0 saturated heterocycles. The van der Waals surface area contributed by atoms with E-state index in [1.54, 1.807) is 12.1 Å². The summed E-state index contributed by atoms with van der Waals surface area (Å²) >= 11 is 0. The minimum Gasteiger partial charge on any atom is -0.452 e. The molecule has 0 bridgehead atoms. The zero-order chi connectivity index (χ0) is 45.3. The standard InChI is InChI=1S/C57H89NO4Si/c1-6-8-10-12-14-16-18-20-22-24-26-28-39-47-54(62-56(60)50-41-33-30-34-42-50)53(58-55(59)48-40-29-27-25-23-21-19-17-15-13-11-9-7-2)49-61-63(57(3,4)5,51-43-35-31-36-44-51)52-45-37-32-38-46-52/h30-39,41-47,53-54H,6-29,40,48-49H2,1-5H3,(H,58,59)/b47-39+/t53-,54+/m0/s1. The van der Waals surface area contributed by atoms with Crippen molar-refractivity contribution in [1.82, 2.24) is 5.32 Å². The van der Waals surface area contributed by atoms with E-state index in [0.717, 1.165) is 32.1 Å². The fourth-order valence-electron chi connectivity index (χ4n) is 8.96. The van der Waals surface area contributed by atoms with E-state index in [4.69, 9.17) is 9.16 Å². The SMILES string of the molecule is CCCCCCCCCCCCC/C=C/[C@@H](OC(=O)c1ccccc1)[C@H](CO[Si](c1ccccc1)(c1ccccc1)C(C)(C)C)NC(=O)CCCCCCCCCCCCCCC. The van der Waals surface area contributed by atoms with Crippen molar-refractivity contribution in [3.63, 3.8) is 0 Å². The van der Waals surface area contributed by atoms with Crippen molar-refractivity contribution in [3.8, 4) is 0 Å². The van der Waals surface area contributed by atoms with Gasteiger partial charge in [-0.25, -0.2) is 4.79 Å². The van der Waals surface area contributed by atoms with Crippen LogP contribution in [-0.2, 0) is 14.0 Å². The first-order chi connectivity index (χ1) is 30.7. The topological polar surface area (TPSA) is 64.6 Å². The first-order valence-corrected chi connectivity index (χ1v) is 27.6. The summed E-state index contributed by atoms with van der Waals surface area (Å²) < 4.78 is 13.8. The Balaban J connectivity index is 1.76. The van der Waals surface area contributed by atoms with Gasteiger partial charge in [-0.3, -0.25) is 4.79 Å². The van der Waals surface area contributed by atoms with E-state index in [-0.39, 0.29) is 17.6 Å². The van der Waals surface area contributed by atoms with Gasteiger partial charge in [-0.15, -0.1) is 0 Å². The van der Waals surface area contributed by atoms with Gasteiger partial charge in [0, 0.05) is 6.42 Å². The lowest BCUT2D eigenvalue weighted by atomic mass is 10.0. The molecule has 5 nitrogen and oxygen atoms in total. The second kappa shape index (κ2) is 33.1. The Kier molecular flexibility index (Phi) is 28.3. The average molecular weight is 880 g/mol. The molecule has 3 aromatic carbocycles. The van der Waals surface area contributed by atoms with Gasteiger partial charge < -0.3 is 14.5 Å². The number of benzene rings is 3. The second-order valence-corrected chi connectivity index (χ2v) is 23.4. The maximum absolute atomic E-state index is 13.9. The Labute approximate surface area is 387 Å².